The van der Waals surface area contributed by atoms with Gasteiger partial charge in [0.1, 0.15) is 0 Å². The fourth-order valence-corrected chi connectivity index (χ4v) is 3.18. The molecule has 17 heavy (non-hydrogen) atoms. The minimum Gasteiger partial charge on any atom is -0.346 e. The highest BCUT2D eigenvalue weighted by atomic mass is 15.0. The van der Waals surface area contributed by atoms with E-state index in [1.807, 2.05) is 0 Å². The zero-order valence-corrected chi connectivity index (χ0v) is 9.87. The van der Waals surface area contributed by atoms with Crippen LogP contribution < -0.4 is 5.32 Å². The SMILES string of the molecule is C1=C(c2cn3c4c(cccc24)CC3)CCNC1. The smallest absolute Gasteiger partial charge is 0.0519 e. The van der Waals surface area contributed by atoms with Crippen molar-refractivity contribution in [2.24, 2.45) is 0 Å². The fourth-order valence-electron chi connectivity index (χ4n) is 3.18. The van der Waals surface area contributed by atoms with E-state index in [4.69, 9.17) is 0 Å². The molecule has 0 unspecified atom stereocenters. The van der Waals surface area contributed by atoms with Crippen molar-refractivity contribution in [2.75, 3.05) is 13.1 Å². The van der Waals surface area contributed by atoms with E-state index >= 15 is 0 Å². The summed E-state index contributed by atoms with van der Waals surface area (Å²) in [6.45, 7) is 3.28. The first-order valence-corrected chi connectivity index (χ1v) is 6.44. The third-order valence-electron chi connectivity index (χ3n) is 4.01. The first-order chi connectivity index (χ1) is 8.43. The number of nitrogens with zero attached hydrogens (tertiary/aromatic N) is 1. The molecular formula is C15H16N2. The number of hydrogen-bond acceptors (Lipinski definition) is 1. The highest BCUT2D eigenvalue weighted by Crippen LogP contribution is 2.34. The summed E-state index contributed by atoms with van der Waals surface area (Å²) in [4.78, 5) is 0. The van der Waals surface area contributed by atoms with Gasteiger partial charge in [-0.15, -0.1) is 0 Å². The molecule has 4 rings (SSSR count). The molecule has 2 aliphatic rings. The van der Waals surface area contributed by atoms with Crippen LogP contribution in [0.15, 0.2) is 30.5 Å². The second-order valence-electron chi connectivity index (χ2n) is 4.98. The first kappa shape index (κ1) is 9.49. The lowest BCUT2D eigenvalue weighted by Crippen LogP contribution is -2.19. The summed E-state index contributed by atoms with van der Waals surface area (Å²) in [5.41, 5.74) is 5.97. The van der Waals surface area contributed by atoms with Gasteiger partial charge in [0.2, 0.25) is 0 Å². The Labute approximate surface area is 101 Å². The van der Waals surface area contributed by atoms with Crippen LogP contribution in [-0.2, 0) is 13.0 Å². The van der Waals surface area contributed by atoms with Crippen molar-refractivity contribution in [3.8, 4) is 0 Å². The molecule has 3 heterocycles. The van der Waals surface area contributed by atoms with Crippen molar-refractivity contribution >= 4 is 16.5 Å². The van der Waals surface area contributed by atoms with Crippen LogP contribution in [0.25, 0.3) is 16.5 Å². The van der Waals surface area contributed by atoms with Gasteiger partial charge >= 0.3 is 0 Å². The van der Waals surface area contributed by atoms with Gasteiger partial charge in [0, 0.05) is 30.2 Å². The van der Waals surface area contributed by atoms with Crippen LogP contribution in [0.2, 0.25) is 0 Å². The van der Waals surface area contributed by atoms with E-state index in [2.05, 4.69) is 40.4 Å². The number of hydrogen-bond donors (Lipinski definition) is 1. The maximum atomic E-state index is 3.38. The Balaban J connectivity index is 1.97. The minimum absolute atomic E-state index is 1.02. The van der Waals surface area contributed by atoms with Gasteiger partial charge in [-0.1, -0.05) is 24.3 Å². The van der Waals surface area contributed by atoms with Gasteiger partial charge in [0.25, 0.3) is 0 Å². The number of aryl methyl sites for hydroxylation is 2. The zero-order valence-electron chi connectivity index (χ0n) is 9.87. The average Bonchev–Trinajstić information content (AvgIpc) is 2.97. The molecule has 2 nitrogen and oxygen atoms in total. The van der Waals surface area contributed by atoms with Crippen molar-refractivity contribution in [1.29, 1.82) is 0 Å². The summed E-state index contributed by atoms with van der Waals surface area (Å²) in [7, 11) is 0. The summed E-state index contributed by atoms with van der Waals surface area (Å²) in [5.74, 6) is 0. The first-order valence-electron chi connectivity index (χ1n) is 6.44. The maximum absolute atomic E-state index is 3.38. The molecule has 0 aliphatic carbocycles. The summed E-state index contributed by atoms with van der Waals surface area (Å²) < 4.78 is 2.43. The minimum atomic E-state index is 1.02. The van der Waals surface area contributed by atoms with Crippen molar-refractivity contribution in [3.05, 3.63) is 41.6 Å². The standard InChI is InChI=1S/C15H16N2/c1-2-12-6-9-17-10-14(13(3-1)15(12)17)11-4-7-16-8-5-11/h1-4,10,16H,5-9H2. The van der Waals surface area contributed by atoms with E-state index in [1.54, 1.807) is 0 Å². The third kappa shape index (κ3) is 1.31. The van der Waals surface area contributed by atoms with Crippen molar-refractivity contribution in [2.45, 2.75) is 19.4 Å². The number of rotatable bonds is 1. The van der Waals surface area contributed by atoms with Gasteiger partial charge in [-0.2, -0.15) is 0 Å². The molecule has 2 aliphatic heterocycles. The molecule has 0 saturated heterocycles. The second-order valence-corrected chi connectivity index (χ2v) is 4.98. The van der Waals surface area contributed by atoms with E-state index in [-0.39, 0.29) is 0 Å². The van der Waals surface area contributed by atoms with Crippen LogP contribution in [-0.4, -0.2) is 17.7 Å². The van der Waals surface area contributed by atoms with Crippen LogP contribution in [0, 0.1) is 0 Å². The lowest BCUT2D eigenvalue weighted by atomic mass is 9.98. The fraction of sp³-hybridized carbons (Fsp3) is 0.333. The van der Waals surface area contributed by atoms with Crippen molar-refractivity contribution in [3.63, 3.8) is 0 Å². The average molecular weight is 224 g/mol. The Morgan fingerprint density at radius 2 is 2.18 bits per heavy atom. The number of aromatic nitrogens is 1. The van der Waals surface area contributed by atoms with Crippen LogP contribution in [0.1, 0.15) is 17.5 Å². The predicted octanol–water partition coefficient (Wildman–Crippen LogP) is 2.57. The lowest BCUT2D eigenvalue weighted by Gasteiger charge is -2.13. The van der Waals surface area contributed by atoms with Crippen LogP contribution >= 0.6 is 0 Å². The molecular weight excluding hydrogens is 208 g/mol. The van der Waals surface area contributed by atoms with E-state index in [0.717, 1.165) is 26.1 Å². The lowest BCUT2D eigenvalue weighted by molar-refractivity contribution is 0.736. The summed E-state index contributed by atoms with van der Waals surface area (Å²) >= 11 is 0. The molecule has 0 saturated carbocycles. The van der Waals surface area contributed by atoms with Crippen LogP contribution in [0.5, 0.6) is 0 Å². The molecule has 2 aromatic rings. The Morgan fingerprint density at radius 1 is 1.18 bits per heavy atom. The second kappa shape index (κ2) is 3.47. The van der Waals surface area contributed by atoms with Crippen LogP contribution in [0.3, 0.4) is 0 Å². The maximum Gasteiger partial charge on any atom is 0.0519 e. The molecule has 1 aromatic carbocycles. The van der Waals surface area contributed by atoms with Gasteiger partial charge in [-0.25, -0.2) is 0 Å². The quantitative estimate of drug-likeness (QED) is 0.787. The largest absolute Gasteiger partial charge is 0.346 e. The molecule has 2 heteroatoms. The Kier molecular flexibility index (Phi) is 1.94. The van der Waals surface area contributed by atoms with Gasteiger partial charge in [0.15, 0.2) is 0 Å². The van der Waals surface area contributed by atoms with Gasteiger partial charge in [-0.05, 0) is 30.5 Å². The Bertz CT molecular complexity index is 619. The molecule has 0 radical (unpaired) electrons. The summed E-state index contributed by atoms with van der Waals surface area (Å²) in [6.07, 6.45) is 7.06. The van der Waals surface area contributed by atoms with Gasteiger partial charge < -0.3 is 9.88 Å². The molecule has 1 N–H and O–H groups in total. The Hall–Kier alpha value is -1.54. The summed E-state index contributed by atoms with van der Waals surface area (Å²) in [6, 6.07) is 6.75. The number of para-hydroxylation sites is 1. The molecule has 0 spiro atoms. The zero-order chi connectivity index (χ0) is 11.2. The molecule has 1 aromatic heterocycles. The molecule has 86 valence electrons. The van der Waals surface area contributed by atoms with Gasteiger partial charge in [0.05, 0.1) is 5.52 Å². The highest BCUT2D eigenvalue weighted by Gasteiger charge is 2.19. The molecule has 0 bridgehead atoms. The normalized spacial score (nSPS) is 18.7. The molecule has 0 atom stereocenters. The van der Waals surface area contributed by atoms with E-state index < -0.39 is 0 Å². The topological polar surface area (TPSA) is 17.0 Å². The van der Waals surface area contributed by atoms with Crippen LogP contribution in [0.4, 0.5) is 0 Å². The molecule has 0 fully saturated rings. The Morgan fingerprint density at radius 3 is 3.06 bits per heavy atom. The van der Waals surface area contributed by atoms with Crippen molar-refractivity contribution in [1.82, 2.24) is 9.88 Å². The van der Waals surface area contributed by atoms with Crippen molar-refractivity contribution < 1.29 is 0 Å². The van der Waals surface area contributed by atoms with E-state index in [1.165, 1.54) is 34.0 Å². The highest BCUT2D eigenvalue weighted by molar-refractivity contribution is 5.95. The van der Waals surface area contributed by atoms with E-state index in [0.29, 0.717) is 0 Å². The summed E-state index contributed by atoms with van der Waals surface area (Å²) in [5, 5.41) is 4.83. The monoisotopic (exact) mass is 224 g/mol. The number of nitrogens with one attached hydrogen (secondary N) is 1. The third-order valence-corrected chi connectivity index (χ3v) is 4.01. The molecule has 0 amide bonds. The van der Waals surface area contributed by atoms with Gasteiger partial charge in [-0.3, -0.25) is 0 Å². The van der Waals surface area contributed by atoms with E-state index in [9.17, 15) is 0 Å². The number of benzene rings is 1. The predicted molar refractivity (Wildman–Crippen MR) is 71.1 cm³/mol.